The van der Waals surface area contributed by atoms with Crippen molar-refractivity contribution in [2.75, 3.05) is 13.1 Å². The van der Waals surface area contributed by atoms with Gasteiger partial charge in [-0.25, -0.2) is 0 Å². The molecule has 3 nitrogen and oxygen atoms in total. The third-order valence-corrected chi connectivity index (χ3v) is 3.36. The van der Waals surface area contributed by atoms with Crippen LogP contribution in [-0.4, -0.2) is 30.1 Å². The highest BCUT2D eigenvalue weighted by Gasteiger charge is 2.18. The molecule has 0 unspecified atom stereocenters. The van der Waals surface area contributed by atoms with Gasteiger partial charge in [-0.2, -0.15) is 0 Å². The summed E-state index contributed by atoms with van der Waals surface area (Å²) in [6.07, 6.45) is 6.42. The Morgan fingerprint density at radius 3 is 2.60 bits per heavy atom. The Balaban J connectivity index is 2.26. The number of carbonyl (C=O) groups is 1. The van der Waals surface area contributed by atoms with E-state index in [4.69, 9.17) is 0 Å². The van der Waals surface area contributed by atoms with Crippen molar-refractivity contribution >= 4 is 23.9 Å². The number of hydrogen-bond acceptors (Lipinski definition) is 2. The maximum Gasteiger partial charge on any atom is 0.250 e. The molecular weight excluding hydrogens is 248 g/mol. The van der Waals surface area contributed by atoms with Crippen LogP contribution >= 0.6 is 0 Å². The molecule has 0 aromatic heterocycles. The molecular formula is C17H22N2O. The van der Waals surface area contributed by atoms with Gasteiger partial charge in [-0.1, -0.05) is 32.0 Å². The van der Waals surface area contributed by atoms with Crippen molar-refractivity contribution in [1.29, 1.82) is 0 Å². The summed E-state index contributed by atoms with van der Waals surface area (Å²) in [5.41, 5.74) is 2.80. The number of aliphatic imine (C=N–C) groups is 1. The molecule has 1 aliphatic heterocycles. The van der Waals surface area contributed by atoms with Gasteiger partial charge >= 0.3 is 0 Å². The smallest absolute Gasteiger partial charge is 0.250 e. The summed E-state index contributed by atoms with van der Waals surface area (Å²) in [5.74, 6) is 0.150. The van der Waals surface area contributed by atoms with Gasteiger partial charge in [0.1, 0.15) is 0 Å². The second kappa shape index (κ2) is 7.04. The van der Waals surface area contributed by atoms with Gasteiger partial charge < -0.3 is 4.90 Å². The monoisotopic (exact) mass is 270 g/mol. The summed E-state index contributed by atoms with van der Waals surface area (Å²) >= 11 is 0. The van der Waals surface area contributed by atoms with Crippen molar-refractivity contribution in [3.8, 4) is 0 Å². The zero-order chi connectivity index (χ0) is 14.4. The predicted octanol–water partition coefficient (Wildman–Crippen LogP) is 3.82. The second-order valence-corrected chi connectivity index (χ2v) is 5.04. The van der Waals surface area contributed by atoms with E-state index in [9.17, 15) is 4.79 Å². The van der Waals surface area contributed by atoms with Crippen molar-refractivity contribution < 1.29 is 4.79 Å². The first-order chi connectivity index (χ1) is 9.76. The lowest BCUT2D eigenvalue weighted by Gasteiger charge is -2.22. The van der Waals surface area contributed by atoms with Gasteiger partial charge in [0, 0.05) is 36.9 Å². The first-order valence-electron chi connectivity index (χ1n) is 7.37. The van der Waals surface area contributed by atoms with Crippen molar-refractivity contribution in [3.63, 3.8) is 0 Å². The highest BCUT2D eigenvalue weighted by Crippen LogP contribution is 2.25. The molecule has 0 aliphatic carbocycles. The third kappa shape index (κ3) is 3.35. The van der Waals surface area contributed by atoms with Gasteiger partial charge in [0.2, 0.25) is 5.91 Å². The van der Waals surface area contributed by atoms with Crippen molar-refractivity contribution in [2.24, 2.45) is 4.99 Å². The molecule has 0 atom stereocenters. The number of para-hydroxylation sites is 1. The molecule has 0 spiro atoms. The molecule has 0 radical (unpaired) electrons. The van der Waals surface area contributed by atoms with Crippen LogP contribution in [0.2, 0.25) is 0 Å². The number of nitrogens with zero attached hydrogens (tertiary/aromatic N) is 2. The lowest BCUT2D eigenvalue weighted by molar-refractivity contribution is -0.127. The molecule has 20 heavy (non-hydrogen) atoms. The maximum absolute atomic E-state index is 12.6. The topological polar surface area (TPSA) is 32.7 Å². The van der Waals surface area contributed by atoms with Crippen LogP contribution in [0.25, 0.3) is 6.08 Å². The normalized spacial score (nSPS) is 13.4. The van der Waals surface area contributed by atoms with E-state index < -0.39 is 0 Å². The average Bonchev–Trinajstić information content (AvgIpc) is 2.68. The molecule has 3 heteroatoms. The summed E-state index contributed by atoms with van der Waals surface area (Å²) in [7, 11) is 0. The summed E-state index contributed by atoms with van der Waals surface area (Å²) in [5, 5.41) is 0. The fourth-order valence-electron chi connectivity index (χ4n) is 2.42. The first kappa shape index (κ1) is 14.5. The molecule has 2 rings (SSSR count). The lowest BCUT2D eigenvalue weighted by Crippen LogP contribution is -2.33. The number of amides is 1. The van der Waals surface area contributed by atoms with E-state index in [1.54, 1.807) is 0 Å². The number of carbonyl (C=O) groups excluding carboxylic acids is 1. The van der Waals surface area contributed by atoms with Crippen molar-refractivity contribution in [2.45, 2.75) is 33.1 Å². The number of benzene rings is 1. The summed E-state index contributed by atoms with van der Waals surface area (Å²) in [6, 6.07) is 7.94. The Morgan fingerprint density at radius 2 is 1.90 bits per heavy atom. The Kier molecular flexibility index (Phi) is 5.10. The molecule has 1 aromatic carbocycles. The molecule has 1 aromatic rings. The van der Waals surface area contributed by atoms with Crippen LogP contribution in [0.1, 0.15) is 38.7 Å². The zero-order valence-electron chi connectivity index (χ0n) is 12.3. The Labute approximate surface area is 121 Å². The maximum atomic E-state index is 12.6. The Morgan fingerprint density at radius 1 is 1.20 bits per heavy atom. The first-order valence-corrected chi connectivity index (χ1v) is 7.37. The average molecular weight is 270 g/mol. The SMILES string of the molecule is CCCN(CCC)C(=O)C1=Cc2ccccc2N=CC1. The van der Waals surface area contributed by atoms with Crippen LogP contribution in [-0.2, 0) is 4.79 Å². The standard InChI is InChI=1S/C17H22N2O/c1-3-11-19(12-4-2)17(20)15-9-10-18-16-8-6-5-7-14(16)13-15/h5-8,10,13H,3-4,9,11-12H2,1-2H3. The van der Waals surface area contributed by atoms with Crippen LogP contribution in [0.5, 0.6) is 0 Å². The fourth-order valence-corrected chi connectivity index (χ4v) is 2.42. The van der Waals surface area contributed by atoms with Crippen LogP contribution < -0.4 is 0 Å². The van der Waals surface area contributed by atoms with E-state index in [-0.39, 0.29) is 5.91 Å². The summed E-state index contributed by atoms with van der Waals surface area (Å²) in [4.78, 5) is 19.0. The molecule has 0 N–H and O–H groups in total. The predicted molar refractivity (Wildman–Crippen MR) is 84.4 cm³/mol. The van der Waals surface area contributed by atoms with E-state index in [1.165, 1.54) is 0 Å². The van der Waals surface area contributed by atoms with Crippen LogP contribution in [0, 0.1) is 0 Å². The van der Waals surface area contributed by atoms with E-state index in [1.807, 2.05) is 41.5 Å². The minimum atomic E-state index is 0.150. The van der Waals surface area contributed by atoms with E-state index in [2.05, 4.69) is 18.8 Å². The van der Waals surface area contributed by atoms with E-state index in [0.717, 1.165) is 42.8 Å². The quantitative estimate of drug-likeness (QED) is 0.800. The fraction of sp³-hybridized carbons (Fsp3) is 0.412. The third-order valence-electron chi connectivity index (χ3n) is 3.36. The minimum absolute atomic E-state index is 0.150. The summed E-state index contributed by atoms with van der Waals surface area (Å²) < 4.78 is 0. The van der Waals surface area contributed by atoms with Gasteiger partial charge in [-0.05, 0) is 25.0 Å². The second-order valence-electron chi connectivity index (χ2n) is 5.04. The molecule has 0 fully saturated rings. The molecule has 1 amide bonds. The number of hydrogen-bond donors (Lipinski definition) is 0. The van der Waals surface area contributed by atoms with Crippen LogP contribution in [0.15, 0.2) is 34.8 Å². The minimum Gasteiger partial charge on any atom is -0.339 e. The molecule has 1 heterocycles. The summed E-state index contributed by atoms with van der Waals surface area (Å²) in [6.45, 7) is 5.86. The van der Waals surface area contributed by atoms with Gasteiger partial charge in [-0.15, -0.1) is 0 Å². The number of rotatable bonds is 5. The molecule has 0 saturated heterocycles. The van der Waals surface area contributed by atoms with E-state index >= 15 is 0 Å². The van der Waals surface area contributed by atoms with Gasteiger partial charge in [-0.3, -0.25) is 9.79 Å². The van der Waals surface area contributed by atoms with Crippen LogP contribution in [0.3, 0.4) is 0 Å². The highest BCUT2D eigenvalue weighted by atomic mass is 16.2. The largest absolute Gasteiger partial charge is 0.339 e. The van der Waals surface area contributed by atoms with Crippen molar-refractivity contribution in [1.82, 2.24) is 4.90 Å². The van der Waals surface area contributed by atoms with Crippen LogP contribution in [0.4, 0.5) is 5.69 Å². The Hall–Kier alpha value is -1.90. The van der Waals surface area contributed by atoms with E-state index in [0.29, 0.717) is 6.42 Å². The molecule has 1 aliphatic rings. The van der Waals surface area contributed by atoms with Gasteiger partial charge in [0.15, 0.2) is 0 Å². The molecule has 0 saturated carbocycles. The molecule has 0 bridgehead atoms. The molecule has 106 valence electrons. The highest BCUT2D eigenvalue weighted by molar-refractivity contribution is 6.02. The van der Waals surface area contributed by atoms with Gasteiger partial charge in [0.25, 0.3) is 0 Å². The number of fused-ring (bicyclic) bond motifs is 1. The Bertz CT molecular complexity index is 526. The van der Waals surface area contributed by atoms with Gasteiger partial charge in [0.05, 0.1) is 5.69 Å². The van der Waals surface area contributed by atoms with Crippen molar-refractivity contribution in [3.05, 3.63) is 35.4 Å². The lowest BCUT2D eigenvalue weighted by atomic mass is 10.1. The zero-order valence-corrected chi connectivity index (χ0v) is 12.3.